The molecule has 0 aromatic heterocycles. The second-order valence-corrected chi connectivity index (χ2v) is 4.86. The third kappa shape index (κ3) is 4.73. The van der Waals surface area contributed by atoms with Gasteiger partial charge in [-0.3, -0.25) is 0 Å². The van der Waals surface area contributed by atoms with Crippen molar-refractivity contribution < 1.29 is 23.1 Å². The molecule has 0 aliphatic carbocycles. The Morgan fingerprint density at radius 1 is 1.25 bits per heavy atom. The minimum atomic E-state index is -1.59. The van der Waals surface area contributed by atoms with Gasteiger partial charge in [-0.15, -0.1) is 0 Å². The van der Waals surface area contributed by atoms with Crippen molar-refractivity contribution in [3.8, 4) is 0 Å². The zero-order valence-corrected chi connectivity index (χ0v) is 11.2. The van der Waals surface area contributed by atoms with Gasteiger partial charge in [-0.1, -0.05) is 13.8 Å². The van der Waals surface area contributed by atoms with E-state index in [1.54, 1.807) is 0 Å². The number of urea groups is 1. The van der Waals surface area contributed by atoms with Gasteiger partial charge in [0.1, 0.15) is 0 Å². The van der Waals surface area contributed by atoms with E-state index in [9.17, 15) is 18.0 Å². The van der Waals surface area contributed by atoms with E-state index in [0.29, 0.717) is 18.6 Å². The molecule has 0 fully saturated rings. The Hall–Kier alpha value is -1.76. The van der Waals surface area contributed by atoms with Crippen LogP contribution in [0.15, 0.2) is 12.1 Å². The minimum Gasteiger partial charge on any atom is -0.394 e. The Balaban J connectivity index is 2.66. The minimum absolute atomic E-state index is 0.208. The molecule has 1 unspecified atom stereocenters. The number of halogens is 3. The van der Waals surface area contributed by atoms with Crippen molar-refractivity contribution in [1.82, 2.24) is 5.32 Å². The third-order valence-electron chi connectivity index (χ3n) is 2.55. The van der Waals surface area contributed by atoms with Gasteiger partial charge in [0.25, 0.3) is 0 Å². The van der Waals surface area contributed by atoms with E-state index in [4.69, 9.17) is 5.11 Å². The Morgan fingerprint density at radius 2 is 1.80 bits per heavy atom. The van der Waals surface area contributed by atoms with Crippen molar-refractivity contribution in [1.29, 1.82) is 0 Å². The van der Waals surface area contributed by atoms with Gasteiger partial charge in [0, 0.05) is 17.8 Å². The second kappa shape index (κ2) is 7.14. The van der Waals surface area contributed by atoms with E-state index in [-0.39, 0.29) is 18.2 Å². The summed E-state index contributed by atoms with van der Waals surface area (Å²) >= 11 is 0. The molecule has 1 atom stereocenters. The number of benzene rings is 1. The van der Waals surface area contributed by atoms with Crippen LogP contribution in [0.2, 0.25) is 0 Å². The Kier molecular flexibility index (Phi) is 5.82. The molecule has 20 heavy (non-hydrogen) atoms. The van der Waals surface area contributed by atoms with Crippen LogP contribution >= 0.6 is 0 Å². The van der Waals surface area contributed by atoms with E-state index in [1.165, 1.54) is 0 Å². The quantitative estimate of drug-likeness (QED) is 0.730. The maximum absolute atomic E-state index is 13.0. The van der Waals surface area contributed by atoms with Crippen molar-refractivity contribution in [3.63, 3.8) is 0 Å². The highest BCUT2D eigenvalue weighted by Gasteiger charge is 2.15. The number of aliphatic hydroxyl groups is 1. The average Bonchev–Trinajstić information content (AvgIpc) is 2.34. The summed E-state index contributed by atoms with van der Waals surface area (Å²) in [6.45, 7) is 3.59. The van der Waals surface area contributed by atoms with Crippen molar-refractivity contribution in [2.45, 2.75) is 26.3 Å². The van der Waals surface area contributed by atoms with Crippen LogP contribution in [0.4, 0.5) is 23.7 Å². The van der Waals surface area contributed by atoms with Gasteiger partial charge in [0.2, 0.25) is 0 Å². The van der Waals surface area contributed by atoms with Crippen LogP contribution in [0.3, 0.4) is 0 Å². The Labute approximate surface area is 115 Å². The molecule has 4 nitrogen and oxygen atoms in total. The number of carbonyl (C=O) groups is 1. The fourth-order valence-electron chi connectivity index (χ4n) is 1.73. The van der Waals surface area contributed by atoms with Crippen LogP contribution in [0.25, 0.3) is 0 Å². The summed E-state index contributed by atoms with van der Waals surface area (Å²) in [7, 11) is 0. The first-order valence-corrected chi connectivity index (χ1v) is 6.16. The van der Waals surface area contributed by atoms with Gasteiger partial charge in [-0.25, -0.2) is 18.0 Å². The van der Waals surface area contributed by atoms with E-state index < -0.39 is 29.5 Å². The number of rotatable bonds is 5. The molecule has 1 rings (SSSR count). The lowest BCUT2D eigenvalue weighted by atomic mass is 10.0. The van der Waals surface area contributed by atoms with Crippen LogP contribution in [0, 0.1) is 23.4 Å². The lowest BCUT2D eigenvalue weighted by Gasteiger charge is -2.18. The number of nitrogens with one attached hydrogen (secondary N) is 2. The molecule has 1 aromatic carbocycles. The highest BCUT2D eigenvalue weighted by molar-refractivity contribution is 5.89. The fraction of sp³-hybridized carbons (Fsp3) is 0.462. The molecule has 1 aromatic rings. The molecule has 0 radical (unpaired) electrons. The zero-order valence-electron chi connectivity index (χ0n) is 11.2. The number of hydrogen-bond acceptors (Lipinski definition) is 2. The molecule has 112 valence electrons. The standard InChI is InChI=1S/C13H17F3N2O2/c1-7(2)3-9(6-19)18-13(20)17-8-4-10(14)12(16)11(15)5-8/h4-5,7,9,19H,3,6H2,1-2H3,(H2,17,18,20). The van der Waals surface area contributed by atoms with E-state index in [1.807, 2.05) is 13.8 Å². The molecule has 3 N–H and O–H groups in total. The van der Waals surface area contributed by atoms with Gasteiger partial charge in [-0.05, 0) is 12.3 Å². The molecule has 0 saturated carbocycles. The summed E-state index contributed by atoms with van der Waals surface area (Å²) in [4.78, 5) is 11.6. The normalized spacial score (nSPS) is 12.3. The van der Waals surface area contributed by atoms with Gasteiger partial charge >= 0.3 is 6.03 Å². The maximum atomic E-state index is 13.0. The molecule has 0 saturated heterocycles. The zero-order chi connectivity index (χ0) is 15.3. The summed E-state index contributed by atoms with van der Waals surface area (Å²) in [5, 5.41) is 13.7. The van der Waals surface area contributed by atoms with Crippen molar-refractivity contribution >= 4 is 11.7 Å². The van der Waals surface area contributed by atoms with E-state index >= 15 is 0 Å². The highest BCUT2D eigenvalue weighted by atomic mass is 19.2. The summed E-state index contributed by atoms with van der Waals surface area (Å²) in [5.74, 6) is -4.11. The first-order chi connectivity index (χ1) is 9.33. The summed E-state index contributed by atoms with van der Waals surface area (Å²) in [6.07, 6.45) is 0.552. The summed E-state index contributed by atoms with van der Waals surface area (Å²) in [5.41, 5.74) is -0.208. The lowest BCUT2D eigenvalue weighted by Crippen LogP contribution is -2.41. The molecule has 0 aliphatic rings. The van der Waals surface area contributed by atoms with Gasteiger partial charge < -0.3 is 15.7 Å². The summed E-state index contributed by atoms with van der Waals surface area (Å²) in [6, 6.07) is 0.156. The first-order valence-electron chi connectivity index (χ1n) is 6.16. The molecule has 0 aliphatic heterocycles. The van der Waals surface area contributed by atoms with Gasteiger partial charge in [0.15, 0.2) is 17.5 Å². The monoisotopic (exact) mass is 290 g/mol. The Bertz CT molecular complexity index is 458. The second-order valence-electron chi connectivity index (χ2n) is 4.86. The Morgan fingerprint density at radius 3 is 2.25 bits per heavy atom. The number of aliphatic hydroxyl groups excluding tert-OH is 1. The highest BCUT2D eigenvalue weighted by Crippen LogP contribution is 2.17. The first kappa shape index (κ1) is 16.3. The number of carbonyl (C=O) groups excluding carboxylic acids is 1. The molecule has 0 bridgehead atoms. The van der Waals surface area contributed by atoms with Crippen LogP contribution in [-0.4, -0.2) is 23.8 Å². The van der Waals surface area contributed by atoms with E-state index in [2.05, 4.69) is 10.6 Å². The maximum Gasteiger partial charge on any atom is 0.319 e. The molecular weight excluding hydrogens is 273 g/mol. The van der Waals surface area contributed by atoms with Crippen molar-refractivity contribution in [3.05, 3.63) is 29.6 Å². The van der Waals surface area contributed by atoms with Crippen LogP contribution in [-0.2, 0) is 0 Å². The third-order valence-corrected chi connectivity index (χ3v) is 2.55. The predicted molar refractivity (Wildman–Crippen MR) is 68.8 cm³/mol. The van der Waals surface area contributed by atoms with Crippen molar-refractivity contribution in [2.75, 3.05) is 11.9 Å². The number of amides is 2. The van der Waals surface area contributed by atoms with Gasteiger partial charge in [-0.2, -0.15) is 0 Å². The fourth-order valence-corrected chi connectivity index (χ4v) is 1.73. The molecule has 0 spiro atoms. The summed E-state index contributed by atoms with van der Waals surface area (Å²) < 4.78 is 38.7. The van der Waals surface area contributed by atoms with Crippen LogP contribution in [0.1, 0.15) is 20.3 Å². The number of anilines is 1. The topological polar surface area (TPSA) is 61.4 Å². The van der Waals surface area contributed by atoms with E-state index in [0.717, 1.165) is 0 Å². The molecule has 2 amide bonds. The largest absolute Gasteiger partial charge is 0.394 e. The van der Waals surface area contributed by atoms with Crippen LogP contribution in [0.5, 0.6) is 0 Å². The smallest absolute Gasteiger partial charge is 0.319 e. The average molecular weight is 290 g/mol. The van der Waals surface area contributed by atoms with Gasteiger partial charge in [0.05, 0.1) is 12.6 Å². The predicted octanol–water partition coefficient (Wildman–Crippen LogP) is 2.63. The SMILES string of the molecule is CC(C)CC(CO)NC(=O)Nc1cc(F)c(F)c(F)c1. The lowest BCUT2D eigenvalue weighted by molar-refractivity contribution is 0.214. The van der Waals surface area contributed by atoms with Crippen LogP contribution < -0.4 is 10.6 Å². The molecular formula is C13H17F3N2O2. The van der Waals surface area contributed by atoms with Crippen molar-refractivity contribution in [2.24, 2.45) is 5.92 Å². The number of hydrogen-bond donors (Lipinski definition) is 3. The molecule has 7 heteroatoms. The molecule has 0 heterocycles.